The summed E-state index contributed by atoms with van der Waals surface area (Å²) in [6, 6.07) is 5.99. The molecule has 0 aliphatic heterocycles. The van der Waals surface area contributed by atoms with Gasteiger partial charge in [-0.15, -0.1) is 0 Å². The van der Waals surface area contributed by atoms with E-state index in [-0.39, 0.29) is 23.7 Å². The predicted octanol–water partition coefficient (Wildman–Crippen LogP) is 0.446. The summed E-state index contributed by atoms with van der Waals surface area (Å²) in [4.78, 5) is 0. The Morgan fingerprint density at radius 3 is 2.21 bits per heavy atom. The third-order valence-electron chi connectivity index (χ3n) is 2.00. The van der Waals surface area contributed by atoms with E-state index in [2.05, 4.69) is 9.44 Å². The van der Waals surface area contributed by atoms with Crippen LogP contribution in [-0.4, -0.2) is 42.6 Å². The molecule has 0 radical (unpaired) electrons. The van der Waals surface area contributed by atoms with Crippen LogP contribution in [0.3, 0.4) is 0 Å². The summed E-state index contributed by atoms with van der Waals surface area (Å²) in [6.45, 7) is 0.0800. The minimum Gasteiger partial charge on any atom is -0.384 e. The number of benzene rings is 1. The minimum atomic E-state index is -3.51. The molecule has 0 aliphatic carbocycles. The first kappa shape index (κ1) is 15.7. The Balaban J connectivity index is 2.83. The summed E-state index contributed by atoms with van der Waals surface area (Å²) in [5.41, 5.74) is 0.569. The lowest BCUT2D eigenvalue weighted by Crippen LogP contribution is -2.19. The van der Waals surface area contributed by atoms with Gasteiger partial charge < -0.3 is 4.74 Å². The van der Waals surface area contributed by atoms with Crippen molar-refractivity contribution in [1.82, 2.24) is 0 Å². The number of sulfonamides is 2. The van der Waals surface area contributed by atoms with Crippen LogP contribution in [0.5, 0.6) is 0 Å². The van der Waals surface area contributed by atoms with Gasteiger partial charge in [0.05, 0.1) is 30.0 Å². The molecule has 0 bridgehead atoms. The van der Waals surface area contributed by atoms with E-state index < -0.39 is 20.0 Å². The smallest absolute Gasteiger partial charge is 0.235 e. The summed E-state index contributed by atoms with van der Waals surface area (Å²) >= 11 is 0. The second-order valence-corrected chi connectivity index (χ2v) is 7.46. The van der Waals surface area contributed by atoms with Gasteiger partial charge >= 0.3 is 0 Å². The zero-order valence-electron chi connectivity index (χ0n) is 10.6. The maximum atomic E-state index is 11.6. The van der Waals surface area contributed by atoms with Crippen LogP contribution in [0.15, 0.2) is 24.3 Å². The first-order chi connectivity index (χ1) is 8.72. The molecule has 0 heterocycles. The first-order valence-electron chi connectivity index (χ1n) is 5.29. The third kappa shape index (κ3) is 6.41. The molecular weight excluding hydrogens is 292 g/mol. The Bertz CT molecular complexity index is 625. The topological polar surface area (TPSA) is 102 Å². The Kier molecular flexibility index (Phi) is 5.15. The maximum Gasteiger partial charge on any atom is 0.235 e. The Morgan fingerprint density at radius 2 is 1.68 bits per heavy atom. The molecule has 108 valence electrons. The minimum absolute atomic E-state index is 0.0800. The molecule has 19 heavy (non-hydrogen) atoms. The van der Waals surface area contributed by atoms with Crippen LogP contribution in [0, 0.1) is 0 Å². The molecule has 0 saturated carbocycles. The monoisotopic (exact) mass is 308 g/mol. The molecule has 1 aromatic carbocycles. The normalized spacial score (nSPS) is 12.1. The van der Waals surface area contributed by atoms with Crippen molar-refractivity contribution in [3.63, 3.8) is 0 Å². The standard InChI is InChI=1S/C10H16N2O5S2/c1-17-6-7-19(15,16)12-10-5-3-4-9(8-10)11-18(2,13)14/h3-5,8,11-12H,6-7H2,1-2H3. The number of rotatable bonds is 7. The average molecular weight is 308 g/mol. The van der Waals surface area contributed by atoms with E-state index in [1.165, 1.54) is 25.3 Å². The van der Waals surface area contributed by atoms with Gasteiger partial charge in [-0.1, -0.05) is 6.07 Å². The number of nitrogens with one attached hydrogen (secondary N) is 2. The molecule has 2 N–H and O–H groups in total. The molecule has 0 aliphatic rings. The van der Waals surface area contributed by atoms with Gasteiger partial charge in [0.25, 0.3) is 0 Å². The summed E-state index contributed by atoms with van der Waals surface area (Å²) in [5.74, 6) is -0.173. The number of anilines is 2. The Morgan fingerprint density at radius 1 is 1.11 bits per heavy atom. The van der Waals surface area contributed by atoms with E-state index in [0.717, 1.165) is 6.26 Å². The van der Waals surface area contributed by atoms with Gasteiger partial charge in [0.2, 0.25) is 20.0 Å². The summed E-state index contributed by atoms with van der Waals surface area (Å²) < 4.78 is 54.7. The SMILES string of the molecule is COCCS(=O)(=O)Nc1cccc(NS(C)(=O)=O)c1. The van der Waals surface area contributed by atoms with Gasteiger partial charge in [-0.25, -0.2) is 16.8 Å². The van der Waals surface area contributed by atoms with Crippen LogP contribution in [0.25, 0.3) is 0 Å². The molecule has 9 heteroatoms. The van der Waals surface area contributed by atoms with E-state index in [4.69, 9.17) is 4.74 Å². The zero-order chi connectivity index (χ0) is 14.5. The number of hydrogen-bond acceptors (Lipinski definition) is 5. The predicted molar refractivity (Wildman–Crippen MR) is 74.2 cm³/mol. The first-order valence-corrected chi connectivity index (χ1v) is 8.83. The Labute approximate surface area is 113 Å². The van der Waals surface area contributed by atoms with Gasteiger partial charge in [0.1, 0.15) is 0 Å². The number of methoxy groups -OCH3 is 1. The molecule has 0 amide bonds. The lowest BCUT2D eigenvalue weighted by atomic mass is 10.3. The van der Waals surface area contributed by atoms with Gasteiger partial charge in [0.15, 0.2) is 0 Å². The lowest BCUT2D eigenvalue weighted by molar-refractivity contribution is 0.217. The largest absolute Gasteiger partial charge is 0.384 e. The van der Waals surface area contributed by atoms with Gasteiger partial charge in [0, 0.05) is 7.11 Å². The fraction of sp³-hybridized carbons (Fsp3) is 0.400. The average Bonchev–Trinajstić information content (AvgIpc) is 2.24. The molecule has 0 atom stereocenters. The zero-order valence-corrected chi connectivity index (χ0v) is 12.2. The number of ether oxygens (including phenoxy) is 1. The third-order valence-corrected chi connectivity index (χ3v) is 3.85. The summed E-state index contributed by atoms with van der Waals surface area (Å²) in [5, 5.41) is 0. The fourth-order valence-corrected chi connectivity index (χ4v) is 2.81. The highest BCUT2D eigenvalue weighted by Crippen LogP contribution is 2.17. The van der Waals surface area contributed by atoms with Crippen molar-refractivity contribution < 1.29 is 21.6 Å². The van der Waals surface area contributed by atoms with Gasteiger partial charge in [-0.05, 0) is 18.2 Å². The highest BCUT2D eigenvalue weighted by atomic mass is 32.2. The van der Waals surface area contributed by atoms with Crippen molar-refractivity contribution in [3.05, 3.63) is 24.3 Å². The van der Waals surface area contributed by atoms with E-state index in [9.17, 15) is 16.8 Å². The molecule has 0 aromatic heterocycles. The quantitative estimate of drug-likeness (QED) is 0.761. The molecule has 0 unspecified atom stereocenters. The summed E-state index contributed by atoms with van der Waals surface area (Å²) in [6.07, 6.45) is 1.02. The molecular formula is C10H16N2O5S2. The van der Waals surface area contributed by atoms with E-state index in [1.54, 1.807) is 6.07 Å². The summed E-state index contributed by atoms with van der Waals surface area (Å²) in [7, 11) is -5.50. The van der Waals surface area contributed by atoms with Crippen LogP contribution in [0.1, 0.15) is 0 Å². The van der Waals surface area contributed by atoms with Crippen molar-refractivity contribution in [2.75, 3.05) is 35.2 Å². The second kappa shape index (κ2) is 6.22. The van der Waals surface area contributed by atoms with Crippen molar-refractivity contribution in [3.8, 4) is 0 Å². The van der Waals surface area contributed by atoms with E-state index in [0.29, 0.717) is 0 Å². The molecule has 1 rings (SSSR count). The van der Waals surface area contributed by atoms with Crippen molar-refractivity contribution in [2.24, 2.45) is 0 Å². The van der Waals surface area contributed by atoms with Crippen LogP contribution in [-0.2, 0) is 24.8 Å². The maximum absolute atomic E-state index is 11.6. The lowest BCUT2D eigenvalue weighted by Gasteiger charge is -2.09. The molecule has 0 saturated heterocycles. The second-order valence-electron chi connectivity index (χ2n) is 3.87. The molecule has 1 aromatic rings. The van der Waals surface area contributed by atoms with E-state index >= 15 is 0 Å². The van der Waals surface area contributed by atoms with Gasteiger partial charge in [-0.2, -0.15) is 0 Å². The van der Waals surface area contributed by atoms with E-state index in [1.807, 2.05) is 0 Å². The van der Waals surface area contributed by atoms with Crippen LogP contribution in [0.2, 0.25) is 0 Å². The number of hydrogen-bond donors (Lipinski definition) is 2. The highest BCUT2D eigenvalue weighted by molar-refractivity contribution is 7.92. The highest BCUT2D eigenvalue weighted by Gasteiger charge is 2.10. The van der Waals surface area contributed by atoms with Crippen molar-refractivity contribution in [1.29, 1.82) is 0 Å². The molecule has 7 nitrogen and oxygen atoms in total. The van der Waals surface area contributed by atoms with Crippen molar-refractivity contribution in [2.45, 2.75) is 0 Å². The van der Waals surface area contributed by atoms with Crippen molar-refractivity contribution >= 4 is 31.4 Å². The fourth-order valence-electron chi connectivity index (χ4n) is 1.28. The molecule has 0 fully saturated rings. The molecule has 0 spiro atoms. The van der Waals surface area contributed by atoms with Crippen LogP contribution in [0.4, 0.5) is 11.4 Å². The Hall–Kier alpha value is -1.32. The van der Waals surface area contributed by atoms with Gasteiger partial charge in [-0.3, -0.25) is 9.44 Å². The van der Waals surface area contributed by atoms with Crippen LogP contribution < -0.4 is 9.44 Å². The van der Waals surface area contributed by atoms with Crippen LogP contribution >= 0.6 is 0 Å².